The number of pyridine rings is 1. The second-order valence-corrected chi connectivity index (χ2v) is 4.60. The maximum Gasteiger partial charge on any atom is 0.335 e. The van der Waals surface area contributed by atoms with Crippen molar-refractivity contribution in [3.8, 4) is 0 Å². The number of carboxylic acid groups (broad SMARTS) is 1. The van der Waals surface area contributed by atoms with E-state index in [1.54, 1.807) is 12.1 Å². The second-order valence-electron chi connectivity index (χ2n) is 3.60. The van der Waals surface area contributed by atoms with Gasteiger partial charge in [-0.15, -0.1) is 11.8 Å². The van der Waals surface area contributed by atoms with Gasteiger partial charge in [0, 0.05) is 11.9 Å². The van der Waals surface area contributed by atoms with Gasteiger partial charge in [0.2, 0.25) is 0 Å². The summed E-state index contributed by atoms with van der Waals surface area (Å²) in [6.45, 7) is 0. The summed E-state index contributed by atoms with van der Waals surface area (Å²) in [5.41, 5.74) is 1.18. The maximum absolute atomic E-state index is 12.7. The van der Waals surface area contributed by atoms with E-state index in [2.05, 4.69) is 4.98 Å². The number of aromatic carboxylic acids is 1. The zero-order valence-corrected chi connectivity index (χ0v) is 10.2. The van der Waals surface area contributed by atoms with Crippen LogP contribution in [0, 0.1) is 5.82 Å². The third kappa shape index (κ3) is 3.30. The largest absolute Gasteiger partial charge is 0.478 e. The lowest BCUT2D eigenvalue weighted by molar-refractivity contribution is 0.0696. The molecule has 0 fully saturated rings. The van der Waals surface area contributed by atoms with Crippen molar-refractivity contribution in [2.24, 2.45) is 0 Å². The van der Waals surface area contributed by atoms with Crippen molar-refractivity contribution in [2.45, 2.75) is 10.8 Å². The molecule has 0 radical (unpaired) electrons. The van der Waals surface area contributed by atoms with Gasteiger partial charge in [-0.1, -0.05) is 12.1 Å². The number of thioether (sulfide) groups is 1. The molecule has 0 bridgehead atoms. The topological polar surface area (TPSA) is 50.2 Å². The van der Waals surface area contributed by atoms with Crippen LogP contribution in [0.15, 0.2) is 47.6 Å². The molecule has 0 aliphatic rings. The van der Waals surface area contributed by atoms with Gasteiger partial charge in [0.25, 0.3) is 0 Å². The Morgan fingerprint density at radius 3 is 2.67 bits per heavy atom. The SMILES string of the molecule is O=C(O)c1ccnc(SCc2ccc(F)cc2)c1. The van der Waals surface area contributed by atoms with Crippen LogP contribution >= 0.6 is 11.8 Å². The van der Waals surface area contributed by atoms with Gasteiger partial charge in [0.05, 0.1) is 10.6 Å². The number of hydrogen-bond donors (Lipinski definition) is 1. The Labute approximate surface area is 108 Å². The van der Waals surface area contributed by atoms with Crippen molar-refractivity contribution < 1.29 is 14.3 Å². The molecule has 0 aliphatic carbocycles. The van der Waals surface area contributed by atoms with Crippen LogP contribution < -0.4 is 0 Å². The van der Waals surface area contributed by atoms with Gasteiger partial charge in [-0.05, 0) is 29.8 Å². The molecule has 0 atom stereocenters. The van der Waals surface area contributed by atoms with Crippen LogP contribution in [-0.4, -0.2) is 16.1 Å². The fourth-order valence-corrected chi connectivity index (χ4v) is 2.21. The molecule has 0 aliphatic heterocycles. The fourth-order valence-electron chi connectivity index (χ4n) is 1.36. The second kappa shape index (κ2) is 5.64. The first-order valence-corrected chi connectivity index (χ1v) is 6.20. The Balaban J connectivity index is 2.04. The Hall–Kier alpha value is -1.88. The molecule has 2 rings (SSSR count). The normalized spacial score (nSPS) is 10.3. The minimum absolute atomic E-state index is 0.214. The van der Waals surface area contributed by atoms with E-state index in [4.69, 9.17) is 5.11 Å². The van der Waals surface area contributed by atoms with E-state index in [-0.39, 0.29) is 11.4 Å². The number of benzene rings is 1. The number of nitrogens with zero attached hydrogens (tertiary/aromatic N) is 1. The lowest BCUT2D eigenvalue weighted by Gasteiger charge is -2.02. The summed E-state index contributed by atoms with van der Waals surface area (Å²) < 4.78 is 12.7. The highest BCUT2D eigenvalue weighted by Gasteiger charge is 2.04. The van der Waals surface area contributed by atoms with Gasteiger partial charge in [-0.2, -0.15) is 0 Å². The van der Waals surface area contributed by atoms with Gasteiger partial charge in [-0.3, -0.25) is 0 Å². The minimum atomic E-state index is -0.971. The van der Waals surface area contributed by atoms with Crippen LogP contribution in [0.3, 0.4) is 0 Å². The fraction of sp³-hybridized carbons (Fsp3) is 0.0769. The van der Waals surface area contributed by atoms with Gasteiger partial charge in [-0.25, -0.2) is 14.2 Å². The predicted octanol–water partition coefficient (Wildman–Crippen LogP) is 3.21. The van der Waals surface area contributed by atoms with Crippen molar-refractivity contribution in [1.29, 1.82) is 0 Å². The molecular formula is C13H10FNO2S. The molecule has 0 saturated heterocycles. The van der Waals surface area contributed by atoms with E-state index >= 15 is 0 Å². The third-order valence-electron chi connectivity index (χ3n) is 2.28. The summed E-state index contributed by atoms with van der Waals surface area (Å²) in [7, 11) is 0. The summed E-state index contributed by atoms with van der Waals surface area (Å²) in [4.78, 5) is 14.9. The molecule has 0 amide bonds. The summed E-state index contributed by atoms with van der Waals surface area (Å²) in [6.07, 6.45) is 1.47. The molecule has 5 heteroatoms. The number of halogens is 1. The molecule has 0 saturated carbocycles. The summed E-state index contributed by atoms with van der Waals surface area (Å²) >= 11 is 1.41. The molecular weight excluding hydrogens is 253 g/mol. The van der Waals surface area contributed by atoms with Crippen molar-refractivity contribution >= 4 is 17.7 Å². The van der Waals surface area contributed by atoms with Crippen LogP contribution in [0.1, 0.15) is 15.9 Å². The van der Waals surface area contributed by atoms with Crippen molar-refractivity contribution in [3.63, 3.8) is 0 Å². The Kier molecular flexibility index (Phi) is 3.94. The molecule has 92 valence electrons. The zero-order chi connectivity index (χ0) is 13.0. The predicted molar refractivity (Wildman–Crippen MR) is 67.2 cm³/mol. The van der Waals surface area contributed by atoms with E-state index in [1.807, 2.05) is 0 Å². The summed E-state index contributed by atoms with van der Waals surface area (Å²) in [6, 6.07) is 9.17. The van der Waals surface area contributed by atoms with E-state index in [1.165, 1.54) is 42.2 Å². The molecule has 2 aromatic rings. The van der Waals surface area contributed by atoms with E-state index in [0.717, 1.165) is 5.56 Å². The van der Waals surface area contributed by atoms with Crippen LogP contribution in [0.25, 0.3) is 0 Å². The van der Waals surface area contributed by atoms with Crippen LogP contribution in [0.4, 0.5) is 4.39 Å². The number of carboxylic acids is 1. The maximum atomic E-state index is 12.7. The molecule has 3 nitrogen and oxygen atoms in total. The van der Waals surface area contributed by atoms with Gasteiger partial charge in [0.1, 0.15) is 5.82 Å². The quantitative estimate of drug-likeness (QED) is 0.860. The lowest BCUT2D eigenvalue weighted by Crippen LogP contribution is -1.96. The average Bonchev–Trinajstić information content (AvgIpc) is 2.38. The van der Waals surface area contributed by atoms with Crippen LogP contribution in [0.5, 0.6) is 0 Å². The first-order chi connectivity index (χ1) is 8.65. The lowest BCUT2D eigenvalue weighted by atomic mass is 10.2. The molecule has 0 spiro atoms. The van der Waals surface area contributed by atoms with Gasteiger partial charge in [0.15, 0.2) is 0 Å². The van der Waals surface area contributed by atoms with E-state index in [9.17, 15) is 9.18 Å². The van der Waals surface area contributed by atoms with E-state index in [0.29, 0.717) is 10.8 Å². The average molecular weight is 263 g/mol. The molecule has 1 aromatic carbocycles. The number of carbonyl (C=O) groups is 1. The molecule has 1 heterocycles. The van der Waals surface area contributed by atoms with Crippen LogP contribution in [0.2, 0.25) is 0 Å². The van der Waals surface area contributed by atoms with Gasteiger partial charge < -0.3 is 5.11 Å². The molecule has 1 N–H and O–H groups in total. The monoisotopic (exact) mass is 263 g/mol. The van der Waals surface area contributed by atoms with Gasteiger partial charge >= 0.3 is 5.97 Å². The Morgan fingerprint density at radius 1 is 1.28 bits per heavy atom. The highest BCUT2D eigenvalue weighted by Crippen LogP contribution is 2.21. The third-order valence-corrected chi connectivity index (χ3v) is 3.28. The summed E-state index contributed by atoms with van der Waals surface area (Å²) in [5.74, 6) is -0.619. The van der Waals surface area contributed by atoms with Crippen LogP contribution in [-0.2, 0) is 5.75 Å². The zero-order valence-electron chi connectivity index (χ0n) is 9.34. The number of hydrogen-bond acceptors (Lipinski definition) is 3. The highest BCUT2D eigenvalue weighted by molar-refractivity contribution is 7.98. The first-order valence-electron chi connectivity index (χ1n) is 5.22. The Morgan fingerprint density at radius 2 is 2.00 bits per heavy atom. The van der Waals surface area contributed by atoms with E-state index < -0.39 is 5.97 Å². The number of rotatable bonds is 4. The Bertz CT molecular complexity index is 557. The first kappa shape index (κ1) is 12.6. The molecule has 18 heavy (non-hydrogen) atoms. The van der Waals surface area contributed by atoms with Crippen molar-refractivity contribution in [3.05, 3.63) is 59.5 Å². The standard InChI is InChI=1S/C13H10FNO2S/c14-11-3-1-9(2-4-11)8-18-12-7-10(13(16)17)5-6-15-12/h1-7H,8H2,(H,16,17). The minimum Gasteiger partial charge on any atom is -0.478 e. The molecule has 1 aromatic heterocycles. The smallest absolute Gasteiger partial charge is 0.335 e. The van der Waals surface area contributed by atoms with Crippen molar-refractivity contribution in [1.82, 2.24) is 4.98 Å². The highest BCUT2D eigenvalue weighted by atomic mass is 32.2. The number of aromatic nitrogens is 1. The summed E-state index contributed by atoms with van der Waals surface area (Å²) in [5, 5.41) is 9.48. The molecule has 0 unspecified atom stereocenters. The van der Waals surface area contributed by atoms with Crippen molar-refractivity contribution in [2.75, 3.05) is 0 Å².